The number of anilines is 1. The Labute approximate surface area is 223 Å². The minimum absolute atomic E-state index is 0.0131. The SMILES string of the molecule is C=CC(=O)N1CC(OC)(c2cc(-c3ccc(Oc4cccc(Cl)c4)c(OC)c3)c3c(N)nc(Cl)nn23)C1. The molecule has 4 aromatic rings. The lowest BCUT2D eigenvalue weighted by atomic mass is 9.89. The topological polar surface area (TPSA) is 104 Å². The van der Waals surface area contributed by atoms with Crippen molar-refractivity contribution in [2.45, 2.75) is 5.60 Å². The van der Waals surface area contributed by atoms with E-state index in [-0.39, 0.29) is 17.0 Å². The largest absolute Gasteiger partial charge is 0.493 e. The first-order valence-corrected chi connectivity index (χ1v) is 12.0. The molecule has 0 radical (unpaired) electrons. The van der Waals surface area contributed by atoms with Crippen molar-refractivity contribution in [3.05, 3.63) is 77.2 Å². The van der Waals surface area contributed by atoms with E-state index < -0.39 is 5.60 Å². The molecule has 1 saturated heterocycles. The highest BCUT2D eigenvalue weighted by Gasteiger charge is 2.49. The Hall–Kier alpha value is -3.79. The molecule has 2 N–H and O–H groups in total. The second kappa shape index (κ2) is 9.59. The summed E-state index contributed by atoms with van der Waals surface area (Å²) in [4.78, 5) is 17.9. The lowest BCUT2D eigenvalue weighted by Crippen LogP contribution is -2.62. The van der Waals surface area contributed by atoms with Crippen LogP contribution < -0.4 is 15.2 Å². The molecule has 3 heterocycles. The lowest BCUT2D eigenvalue weighted by molar-refractivity contribution is -0.161. The molecule has 0 atom stereocenters. The monoisotopic (exact) mass is 539 g/mol. The number of halogens is 2. The first kappa shape index (κ1) is 24.9. The Morgan fingerprint density at radius 2 is 1.92 bits per heavy atom. The first-order chi connectivity index (χ1) is 17.8. The Balaban J connectivity index is 1.61. The highest BCUT2D eigenvalue weighted by molar-refractivity contribution is 6.30. The Morgan fingerprint density at radius 1 is 1.14 bits per heavy atom. The van der Waals surface area contributed by atoms with Gasteiger partial charge in [-0.3, -0.25) is 4.79 Å². The van der Waals surface area contributed by atoms with Crippen molar-refractivity contribution in [2.24, 2.45) is 0 Å². The Bertz CT molecular complexity index is 1530. The summed E-state index contributed by atoms with van der Waals surface area (Å²) in [7, 11) is 3.15. The molecule has 2 aromatic heterocycles. The third-order valence-corrected chi connectivity index (χ3v) is 6.74. The van der Waals surface area contributed by atoms with E-state index >= 15 is 0 Å². The van der Waals surface area contributed by atoms with Crippen molar-refractivity contribution in [1.29, 1.82) is 0 Å². The number of ether oxygens (including phenoxy) is 3. The smallest absolute Gasteiger partial charge is 0.246 e. The van der Waals surface area contributed by atoms with E-state index in [4.69, 9.17) is 43.1 Å². The van der Waals surface area contributed by atoms with Gasteiger partial charge in [0.1, 0.15) is 16.9 Å². The number of hydrogen-bond acceptors (Lipinski definition) is 7. The van der Waals surface area contributed by atoms with Gasteiger partial charge >= 0.3 is 0 Å². The van der Waals surface area contributed by atoms with Gasteiger partial charge in [-0.2, -0.15) is 4.98 Å². The highest BCUT2D eigenvalue weighted by atomic mass is 35.5. The summed E-state index contributed by atoms with van der Waals surface area (Å²) in [6.07, 6.45) is 1.28. The molecule has 0 aliphatic carbocycles. The van der Waals surface area contributed by atoms with Gasteiger partial charge in [-0.25, -0.2) is 4.52 Å². The molecular formula is C26H23Cl2N5O4. The normalized spacial score (nSPS) is 14.3. The van der Waals surface area contributed by atoms with Crippen molar-refractivity contribution in [3.8, 4) is 28.4 Å². The summed E-state index contributed by atoms with van der Waals surface area (Å²) in [5, 5.41) is 4.96. The zero-order valence-electron chi connectivity index (χ0n) is 20.1. The van der Waals surface area contributed by atoms with Crippen LogP contribution in [-0.2, 0) is 15.1 Å². The summed E-state index contributed by atoms with van der Waals surface area (Å²) in [5.41, 5.74) is 8.26. The molecule has 0 saturated carbocycles. The summed E-state index contributed by atoms with van der Waals surface area (Å²) < 4.78 is 19.2. The predicted octanol–water partition coefficient (Wildman–Crippen LogP) is 4.96. The van der Waals surface area contributed by atoms with Gasteiger partial charge in [-0.15, -0.1) is 5.10 Å². The number of fused-ring (bicyclic) bond motifs is 1. The van der Waals surface area contributed by atoms with Crippen LogP contribution >= 0.6 is 23.2 Å². The number of aromatic nitrogens is 3. The number of likely N-dealkylation sites (tertiary alicyclic amines) is 1. The Morgan fingerprint density at radius 3 is 2.59 bits per heavy atom. The van der Waals surface area contributed by atoms with Crippen LogP contribution in [0.4, 0.5) is 5.82 Å². The van der Waals surface area contributed by atoms with Crippen molar-refractivity contribution >= 4 is 40.4 Å². The number of nitrogen functional groups attached to an aromatic ring is 1. The fourth-order valence-corrected chi connectivity index (χ4v) is 4.83. The van der Waals surface area contributed by atoms with E-state index in [0.29, 0.717) is 46.6 Å². The average molecular weight is 540 g/mol. The van der Waals surface area contributed by atoms with Crippen LogP contribution in [0.3, 0.4) is 0 Å². The van der Waals surface area contributed by atoms with Crippen LogP contribution in [0.15, 0.2) is 61.2 Å². The molecule has 0 unspecified atom stereocenters. The average Bonchev–Trinajstić information content (AvgIpc) is 3.24. The Kier molecular flexibility index (Phi) is 6.45. The van der Waals surface area contributed by atoms with Crippen LogP contribution in [0, 0.1) is 0 Å². The van der Waals surface area contributed by atoms with Crippen molar-refractivity contribution < 1.29 is 19.0 Å². The number of methoxy groups -OCH3 is 2. The lowest BCUT2D eigenvalue weighted by Gasteiger charge is -2.48. The van der Waals surface area contributed by atoms with E-state index in [2.05, 4.69) is 16.7 Å². The third kappa shape index (κ3) is 4.35. The number of carbonyl (C=O) groups excluding carboxylic acids is 1. The van der Waals surface area contributed by atoms with Crippen molar-refractivity contribution in [1.82, 2.24) is 19.5 Å². The van der Waals surface area contributed by atoms with Crippen LogP contribution in [0.2, 0.25) is 10.3 Å². The quantitative estimate of drug-likeness (QED) is 0.331. The highest BCUT2D eigenvalue weighted by Crippen LogP contribution is 2.43. The summed E-state index contributed by atoms with van der Waals surface area (Å²) in [6, 6.07) is 14.5. The van der Waals surface area contributed by atoms with Crippen molar-refractivity contribution in [3.63, 3.8) is 0 Å². The van der Waals surface area contributed by atoms with Gasteiger partial charge in [0.2, 0.25) is 11.2 Å². The maximum absolute atomic E-state index is 12.1. The molecule has 9 nitrogen and oxygen atoms in total. The number of benzene rings is 2. The molecule has 5 rings (SSSR count). The molecule has 0 bridgehead atoms. The maximum atomic E-state index is 12.1. The first-order valence-electron chi connectivity index (χ1n) is 11.2. The van der Waals surface area contributed by atoms with E-state index in [1.54, 1.807) is 54.0 Å². The number of rotatable bonds is 7. The molecular weight excluding hydrogens is 517 g/mol. The standard InChI is InChI=1S/C26H23Cl2N5O4/c1-4-22(34)32-13-26(14-32,36-3)21-12-18(23-24(29)30-25(28)31-33(21)23)15-8-9-19(20(10-15)35-2)37-17-7-5-6-16(27)11-17/h4-12H,1,13-14H2,2-3H3,(H2,29,30,31). The molecule has 190 valence electrons. The molecule has 1 aliphatic rings. The summed E-state index contributed by atoms with van der Waals surface area (Å²) in [6.45, 7) is 4.19. The van der Waals surface area contributed by atoms with Crippen LogP contribution in [0.1, 0.15) is 5.69 Å². The minimum Gasteiger partial charge on any atom is -0.493 e. The number of nitrogens with zero attached hydrogens (tertiary/aromatic N) is 4. The molecule has 1 aliphatic heterocycles. The van der Waals surface area contributed by atoms with Gasteiger partial charge < -0.3 is 24.8 Å². The van der Waals surface area contributed by atoms with Gasteiger partial charge in [-0.1, -0.05) is 30.3 Å². The van der Waals surface area contributed by atoms with Crippen LogP contribution in [0.5, 0.6) is 17.2 Å². The molecule has 37 heavy (non-hydrogen) atoms. The molecule has 0 spiro atoms. The summed E-state index contributed by atoms with van der Waals surface area (Å²) in [5.74, 6) is 1.60. The molecule has 1 fully saturated rings. The van der Waals surface area contributed by atoms with E-state index in [1.807, 2.05) is 18.2 Å². The van der Waals surface area contributed by atoms with Gasteiger partial charge in [0, 0.05) is 17.7 Å². The molecule has 2 aromatic carbocycles. The van der Waals surface area contributed by atoms with Gasteiger partial charge in [0.05, 0.1) is 25.9 Å². The van der Waals surface area contributed by atoms with Crippen molar-refractivity contribution in [2.75, 3.05) is 33.0 Å². The van der Waals surface area contributed by atoms with E-state index in [0.717, 1.165) is 11.1 Å². The second-order valence-electron chi connectivity index (χ2n) is 8.49. The van der Waals surface area contributed by atoms with Gasteiger partial charge in [0.15, 0.2) is 17.3 Å². The number of amides is 1. The summed E-state index contributed by atoms with van der Waals surface area (Å²) >= 11 is 12.3. The number of nitrogens with two attached hydrogens (primary N) is 1. The van der Waals surface area contributed by atoms with E-state index in [9.17, 15) is 4.79 Å². The fraction of sp³-hybridized carbons (Fsp3) is 0.192. The second-order valence-corrected chi connectivity index (χ2v) is 9.27. The van der Waals surface area contributed by atoms with Gasteiger partial charge in [-0.05, 0) is 59.6 Å². The zero-order chi connectivity index (χ0) is 26.3. The fourth-order valence-electron chi connectivity index (χ4n) is 4.48. The minimum atomic E-state index is -0.816. The zero-order valence-corrected chi connectivity index (χ0v) is 21.6. The maximum Gasteiger partial charge on any atom is 0.246 e. The van der Waals surface area contributed by atoms with Crippen LogP contribution in [-0.4, -0.2) is 52.7 Å². The third-order valence-electron chi connectivity index (χ3n) is 6.35. The van der Waals surface area contributed by atoms with E-state index in [1.165, 1.54) is 6.08 Å². The van der Waals surface area contributed by atoms with Gasteiger partial charge in [0.25, 0.3) is 0 Å². The molecule has 11 heteroatoms. The predicted molar refractivity (Wildman–Crippen MR) is 141 cm³/mol. The number of carbonyl (C=O) groups is 1. The number of hydrogen-bond donors (Lipinski definition) is 1. The van der Waals surface area contributed by atoms with Crippen LogP contribution in [0.25, 0.3) is 16.6 Å². The molecule has 1 amide bonds.